The van der Waals surface area contributed by atoms with Crippen molar-refractivity contribution < 1.29 is 28.8 Å². The Bertz CT molecular complexity index is 1080. The van der Waals surface area contributed by atoms with Crippen LogP contribution in [0.15, 0.2) is 54.6 Å². The molecule has 6 heteroatoms. The second-order valence-electron chi connectivity index (χ2n) is 7.86. The third kappa shape index (κ3) is 3.66. The maximum absolute atomic E-state index is 10.7. The predicted molar refractivity (Wildman–Crippen MR) is 117 cm³/mol. The quantitative estimate of drug-likeness (QED) is 0.678. The molecule has 5 rings (SSSR count). The molecule has 0 radical (unpaired) electrons. The highest BCUT2D eigenvalue weighted by atomic mass is 16.7. The normalized spacial score (nSPS) is 25.3. The molecule has 1 saturated heterocycles. The minimum absolute atomic E-state index is 0.282. The molecule has 0 spiro atoms. The van der Waals surface area contributed by atoms with Crippen LogP contribution in [0.1, 0.15) is 5.56 Å². The Labute approximate surface area is 181 Å². The Morgan fingerprint density at radius 1 is 0.968 bits per heavy atom. The highest BCUT2D eigenvalue weighted by Gasteiger charge is 2.41. The van der Waals surface area contributed by atoms with E-state index in [2.05, 4.69) is 24.3 Å². The molecule has 1 N–H and O–H groups in total. The van der Waals surface area contributed by atoms with Crippen LogP contribution in [0.25, 0.3) is 21.9 Å². The fourth-order valence-electron chi connectivity index (χ4n) is 4.46. The topological polar surface area (TPSA) is 66.4 Å². The first-order valence-corrected chi connectivity index (χ1v) is 10.5. The van der Waals surface area contributed by atoms with Crippen molar-refractivity contribution in [1.82, 2.24) is 0 Å². The van der Waals surface area contributed by atoms with Gasteiger partial charge in [0.2, 0.25) is 6.29 Å². The van der Waals surface area contributed by atoms with Gasteiger partial charge in [-0.2, -0.15) is 0 Å². The summed E-state index contributed by atoms with van der Waals surface area (Å²) in [7, 11) is 3.12. The Morgan fingerprint density at radius 3 is 2.61 bits per heavy atom. The predicted octanol–water partition coefficient (Wildman–Crippen LogP) is 3.57. The molecule has 3 aromatic rings. The Kier molecular flexibility index (Phi) is 5.54. The van der Waals surface area contributed by atoms with Crippen LogP contribution >= 0.6 is 0 Å². The zero-order chi connectivity index (χ0) is 21.4. The third-order valence-corrected chi connectivity index (χ3v) is 6.11. The molecule has 0 bridgehead atoms. The lowest BCUT2D eigenvalue weighted by atomic mass is 9.96. The molecule has 0 amide bonds. The van der Waals surface area contributed by atoms with Gasteiger partial charge in [-0.25, -0.2) is 0 Å². The summed E-state index contributed by atoms with van der Waals surface area (Å²) in [5, 5.41) is 12.7. The lowest BCUT2D eigenvalue weighted by molar-refractivity contribution is -0.251. The Morgan fingerprint density at radius 2 is 1.81 bits per heavy atom. The van der Waals surface area contributed by atoms with Crippen molar-refractivity contribution in [1.29, 1.82) is 0 Å². The number of rotatable bonds is 5. The van der Waals surface area contributed by atoms with Gasteiger partial charge in [0, 0.05) is 26.0 Å². The summed E-state index contributed by atoms with van der Waals surface area (Å²) in [5.41, 5.74) is 3.50. The van der Waals surface area contributed by atoms with E-state index in [-0.39, 0.29) is 12.7 Å². The number of aliphatic hydroxyl groups is 1. The van der Waals surface area contributed by atoms with E-state index in [9.17, 15) is 5.11 Å². The molecule has 0 saturated carbocycles. The molecule has 0 aliphatic carbocycles. The van der Waals surface area contributed by atoms with Crippen molar-refractivity contribution in [3.05, 3.63) is 60.2 Å². The van der Waals surface area contributed by atoms with Crippen molar-refractivity contribution in [3.8, 4) is 22.6 Å². The maximum Gasteiger partial charge on any atom is 0.228 e. The SMILES string of the molecule is COC1COC(Oc2ccc(-c3ccc4c(c3)CCO4)c3ccccc23)C(O)C1OC. The van der Waals surface area contributed by atoms with Crippen molar-refractivity contribution >= 4 is 10.8 Å². The van der Waals surface area contributed by atoms with Crippen molar-refractivity contribution in [3.63, 3.8) is 0 Å². The molecule has 2 aliphatic heterocycles. The summed E-state index contributed by atoms with van der Waals surface area (Å²) in [6, 6.07) is 18.4. The summed E-state index contributed by atoms with van der Waals surface area (Å²) in [4.78, 5) is 0. The smallest absolute Gasteiger partial charge is 0.228 e. The van der Waals surface area contributed by atoms with Gasteiger partial charge in [-0.05, 0) is 40.3 Å². The Hall–Kier alpha value is -2.64. The maximum atomic E-state index is 10.7. The van der Waals surface area contributed by atoms with Crippen LogP contribution in [0.2, 0.25) is 0 Å². The van der Waals surface area contributed by atoms with E-state index < -0.39 is 18.5 Å². The molecule has 1 fully saturated rings. The molecule has 2 heterocycles. The van der Waals surface area contributed by atoms with Crippen LogP contribution in [0, 0.1) is 0 Å². The van der Waals surface area contributed by atoms with Gasteiger partial charge in [-0.3, -0.25) is 0 Å². The van der Waals surface area contributed by atoms with Gasteiger partial charge < -0.3 is 28.8 Å². The van der Waals surface area contributed by atoms with Gasteiger partial charge in [0.15, 0.2) is 0 Å². The van der Waals surface area contributed by atoms with Crippen LogP contribution in [-0.4, -0.2) is 57.1 Å². The zero-order valence-corrected chi connectivity index (χ0v) is 17.6. The monoisotopic (exact) mass is 422 g/mol. The molecule has 4 atom stereocenters. The van der Waals surface area contributed by atoms with Crippen molar-refractivity contribution in [2.45, 2.75) is 31.0 Å². The number of hydrogen-bond donors (Lipinski definition) is 1. The molecule has 3 aromatic carbocycles. The first-order valence-electron chi connectivity index (χ1n) is 10.5. The number of fused-ring (bicyclic) bond motifs is 2. The number of hydrogen-bond acceptors (Lipinski definition) is 6. The second-order valence-corrected chi connectivity index (χ2v) is 7.86. The number of aliphatic hydroxyl groups excluding tert-OH is 1. The summed E-state index contributed by atoms with van der Waals surface area (Å²) in [5.74, 6) is 1.62. The third-order valence-electron chi connectivity index (χ3n) is 6.11. The highest BCUT2D eigenvalue weighted by molar-refractivity contribution is 6.00. The van der Waals surface area contributed by atoms with E-state index in [4.69, 9.17) is 23.7 Å². The van der Waals surface area contributed by atoms with Crippen molar-refractivity contribution in [2.75, 3.05) is 27.4 Å². The molecule has 4 unspecified atom stereocenters. The first-order chi connectivity index (χ1) is 15.2. The molecule has 162 valence electrons. The van der Waals surface area contributed by atoms with Crippen LogP contribution in [0.3, 0.4) is 0 Å². The van der Waals surface area contributed by atoms with Crippen molar-refractivity contribution in [2.24, 2.45) is 0 Å². The first kappa shape index (κ1) is 20.3. The zero-order valence-electron chi connectivity index (χ0n) is 17.6. The number of methoxy groups -OCH3 is 2. The fourth-order valence-corrected chi connectivity index (χ4v) is 4.46. The van der Waals surface area contributed by atoms with E-state index in [1.54, 1.807) is 14.2 Å². The second kappa shape index (κ2) is 8.48. The molecular weight excluding hydrogens is 396 g/mol. The molecule has 6 nitrogen and oxygen atoms in total. The van der Waals surface area contributed by atoms with Gasteiger partial charge in [0.25, 0.3) is 0 Å². The Balaban J connectivity index is 1.48. The summed E-state index contributed by atoms with van der Waals surface area (Å²) < 4.78 is 28.3. The highest BCUT2D eigenvalue weighted by Crippen LogP contribution is 2.38. The molecule has 0 aromatic heterocycles. The van der Waals surface area contributed by atoms with E-state index in [0.29, 0.717) is 5.75 Å². The molecule has 31 heavy (non-hydrogen) atoms. The number of ether oxygens (including phenoxy) is 5. The summed E-state index contributed by atoms with van der Waals surface area (Å²) in [6.45, 7) is 1.02. The average molecular weight is 422 g/mol. The van der Waals surface area contributed by atoms with E-state index in [0.717, 1.165) is 40.7 Å². The summed E-state index contributed by atoms with van der Waals surface area (Å²) >= 11 is 0. The van der Waals surface area contributed by atoms with Gasteiger partial charge in [0.1, 0.15) is 29.8 Å². The minimum atomic E-state index is -0.973. The van der Waals surface area contributed by atoms with E-state index >= 15 is 0 Å². The standard InChI is InChI=1S/C25H26O6/c1-27-22-14-30-25(23(26)24(22)28-2)31-21-10-8-17(18-5-3-4-6-19(18)21)15-7-9-20-16(13-15)11-12-29-20/h3-10,13,22-26H,11-12,14H2,1-2H3. The van der Waals surface area contributed by atoms with Crippen LogP contribution in [0.5, 0.6) is 11.5 Å². The van der Waals surface area contributed by atoms with Gasteiger partial charge in [0.05, 0.1) is 13.2 Å². The average Bonchev–Trinajstić information content (AvgIpc) is 3.28. The van der Waals surface area contributed by atoms with Crippen LogP contribution in [-0.2, 0) is 20.6 Å². The summed E-state index contributed by atoms with van der Waals surface area (Å²) in [6.07, 6.45) is -1.75. The van der Waals surface area contributed by atoms with Gasteiger partial charge in [-0.1, -0.05) is 36.4 Å². The fraction of sp³-hybridized carbons (Fsp3) is 0.360. The van der Waals surface area contributed by atoms with Gasteiger partial charge in [-0.15, -0.1) is 0 Å². The lowest BCUT2D eigenvalue weighted by Crippen LogP contribution is -2.56. The number of benzene rings is 3. The van der Waals surface area contributed by atoms with Gasteiger partial charge >= 0.3 is 0 Å². The molecule has 2 aliphatic rings. The van der Waals surface area contributed by atoms with Crippen LogP contribution in [0.4, 0.5) is 0 Å². The largest absolute Gasteiger partial charge is 0.493 e. The minimum Gasteiger partial charge on any atom is -0.493 e. The van der Waals surface area contributed by atoms with E-state index in [1.807, 2.05) is 30.3 Å². The lowest BCUT2D eigenvalue weighted by Gasteiger charge is -2.38. The van der Waals surface area contributed by atoms with Crippen LogP contribution < -0.4 is 9.47 Å². The van der Waals surface area contributed by atoms with E-state index in [1.165, 1.54) is 5.56 Å². The molecular formula is C25H26O6.